The number of halogens is 1. The molecule has 6 heteroatoms. The first kappa shape index (κ1) is 13.4. The van der Waals surface area contributed by atoms with Crippen molar-refractivity contribution < 1.29 is 14.7 Å². The zero-order valence-corrected chi connectivity index (χ0v) is 11.6. The van der Waals surface area contributed by atoms with E-state index < -0.39 is 12.0 Å². The largest absolute Gasteiger partial charge is 0.480 e. The van der Waals surface area contributed by atoms with Crippen molar-refractivity contribution >= 4 is 27.9 Å². The summed E-state index contributed by atoms with van der Waals surface area (Å²) in [5.41, 5.74) is 0. The number of urea groups is 1. The number of aliphatic carboxylic acids is 1. The average molecular weight is 317 g/mol. The van der Waals surface area contributed by atoms with Gasteiger partial charge in [-0.15, -0.1) is 0 Å². The summed E-state index contributed by atoms with van der Waals surface area (Å²) in [7, 11) is 0. The van der Waals surface area contributed by atoms with E-state index in [0.29, 0.717) is 23.5 Å². The summed E-state index contributed by atoms with van der Waals surface area (Å²) in [5, 5.41) is 12.0. The van der Waals surface area contributed by atoms with Gasteiger partial charge in [-0.25, -0.2) is 9.59 Å². The third kappa shape index (κ3) is 2.53. The number of hydrogen-bond acceptors (Lipinski definition) is 2. The fraction of sp³-hybridized carbons (Fsp3) is 0.667. The third-order valence-electron chi connectivity index (χ3n) is 3.84. The number of likely N-dealkylation sites (tertiary alicyclic amines) is 1. The molecule has 2 aliphatic rings. The van der Waals surface area contributed by atoms with E-state index in [2.05, 4.69) is 27.8 Å². The molecule has 0 aromatic heterocycles. The summed E-state index contributed by atoms with van der Waals surface area (Å²) in [6.45, 7) is 4.51. The van der Waals surface area contributed by atoms with Crippen LogP contribution in [-0.2, 0) is 4.79 Å². The Morgan fingerprint density at radius 3 is 2.78 bits per heavy atom. The van der Waals surface area contributed by atoms with Crippen LogP contribution >= 0.6 is 15.9 Å². The Morgan fingerprint density at radius 2 is 2.17 bits per heavy atom. The lowest BCUT2D eigenvalue weighted by molar-refractivity contribution is -0.142. The van der Waals surface area contributed by atoms with Crippen LogP contribution in [0.3, 0.4) is 0 Å². The quantitative estimate of drug-likeness (QED) is 0.834. The lowest BCUT2D eigenvalue weighted by atomic mass is 9.94. The van der Waals surface area contributed by atoms with Crippen molar-refractivity contribution in [2.75, 3.05) is 13.1 Å². The van der Waals surface area contributed by atoms with E-state index in [4.69, 9.17) is 0 Å². The van der Waals surface area contributed by atoms with Crippen molar-refractivity contribution in [2.45, 2.75) is 25.3 Å². The first-order valence-electron chi connectivity index (χ1n) is 6.11. The molecule has 0 aromatic carbocycles. The number of nitrogens with one attached hydrogen (secondary N) is 1. The molecular formula is C12H17BrN2O3. The maximum Gasteiger partial charge on any atom is 0.326 e. The first-order chi connectivity index (χ1) is 8.50. The van der Waals surface area contributed by atoms with Crippen molar-refractivity contribution in [2.24, 2.45) is 11.8 Å². The molecule has 2 N–H and O–H groups in total. The standard InChI is InChI=1S/C12H17BrN2O3/c1-7(13)5-14-12(18)15-6-8-3-2-4-9(8)10(15)11(16)17/h8-10H,1-6H2,(H,14,18)(H,16,17). The first-order valence-corrected chi connectivity index (χ1v) is 6.90. The normalized spacial score (nSPS) is 30.1. The predicted octanol–water partition coefficient (Wildman–Crippen LogP) is 1.79. The van der Waals surface area contributed by atoms with E-state index in [1.165, 1.54) is 4.90 Å². The molecule has 18 heavy (non-hydrogen) atoms. The SMILES string of the molecule is C=C(Br)CNC(=O)N1CC2CCCC2C1C(=O)O. The minimum atomic E-state index is -0.891. The number of hydrogen-bond donors (Lipinski definition) is 2. The number of fused-ring (bicyclic) bond motifs is 1. The molecule has 1 heterocycles. The number of amides is 2. The van der Waals surface area contributed by atoms with E-state index in [-0.39, 0.29) is 11.9 Å². The second kappa shape index (κ2) is 5.30. The molecule has 5 nitrogen and oxygen atoms in total. The summed E-state index contributed by atoms with van der Waals surface area (Å²) >= 11 is 3.16. The molecule has 1 aliphatic heterocycles. The third-order valence-corrected chi connectivity index (χ3v) is 4.12. The topological polar surface area (TPSA) is 69.6 Å². The highest BCUT2D eigenvalue weighted by atomic mass is 79.9. The fourth-order valence-electron chi connectivity index (χ4n) is 3.10. The van der Waals surface area contributed by atoms with Gasteiger partial charge >= 0.3 is 12.0 Å². The van der Waals surface area contributed by atoms with Gasteiger partial charge in [0.1, 0.15) is 6.04 Å². The molecule has 1 aliphatic carbocycles. The number of carbonyl (C=O) groups excluding carboxylic acids is 1. The van der Waals surface area contributed by atoms with Crippen molar-refractivity contribution in [3.8, 4) is 0 Å². The van der Waals surface area contributed by atoms with Crippen LogP contribution < -0.4 is 5.32 Å². The average Bonchev–Trinajstić information content (AvgIpc) is 2.83. The molecule has 3 unspecified atom stereocenters. The summed E-state index contributed by atoms with van der Waals surface area (Å²) in [6.07, 6.45) is 3.02. The molecule has 2 amide bonds. The molecule has 100 valence electrons. The van der Waals surface area contributed by atoms with Crippen LogP contribution in [0.5, 0.6) is 0 Å². The lowest BCUT2D eigenvalue weighted by Gasteiger charge is -2.24. The van der Waals surface area contributed by atoms with Gasteiger partial charge in [0, 0.05) is 11.0 Å². The van der Waals surface area contributed by atoms with Gasteiger partial charge < -0.3 is 15.3 Å². The van der Waals surface area contributed by atoms with Crippen LogP contribution in [0.2, 0.25) is 0 Å². The van der Waals surface area contributed by atoms with Crippen LogP contribution in [0.4, 0.5) is 4.79 Å². The molecular weight excluding hydrogens is 300 g/mol. The number of carbonyl (C=O) groups is 2. The summed E-state index contributed by atoms with van der Waals surface area (Å²) in [6, 6.07) is -0.974. The van der Waals surface area contributed by atoms with Gasteiger partial charge in [0.2, 0.25) is 0 Å². The number of nitrogens with zero attached hydrogens (tertiary/aromatic N) is 1. The molecule has 1 saturated carbocycles. The van der Waals surface area contributed by atoms with Gasteiger partial charge in [0.05, 0.1) is 6.54 Å². The molecule has 2 rings (SSSR count). The Balaban J connectivity index is 2.05. The maximum absolute atomic E-state index is 12.0. The van der Waals surface area contributed by atoms with Crippen LogP contribution in [0.1, 0.15) is 19.3 Å². The maximum atomic E-state index is 12.0. The van der Waals surface area contributed by atoms with Crippen LogP contribution in [0.25, 0.3) is 0 Å². The molecule has 1 saturated heterocycles. The zero-order valence-electron chi connectivity index (χ0n) is 10.1. The molecule has 2 fully saturated rings. The zero-order chi connectivity index (χ0) is 13.3. The summed E-state index contributed by atoms with van der Waals surface area (Å²) in [5.74, 6) is -0.415. The van der Waals surface area contributed by atoms with Crippen LogP contribution in [0, 0.1) is 11.8 Å². The van der Waals surface area contributed by atoms with E-state index in [1.807, 2.05) is 0 Å². The minimum absolute atomic E-state index is 0.125. The summed E-state index contributed by atoms with van der Waals surface area (Å²) in [4.78, 5) is 24.8. The van der Waals surface area contributed by atoms with Crippen molar-refractivity contribution in [1.29, 1.82) is 0 Å². The predicted molar refractivity (Wildman–Crippen MR) is 70.4 cm³/mol. The van der Waals surface area contributed by atoms with Gasteiger partial charge in [-0.2, -0.15) is 0 Å². The molecule has 0 radical (unpaired) electrons. The van der Waals surface area contributed by atoms with Gasteiger partial charge in [0.25, 0.3) is 0 Å². The van der Waals surface area contributed by atoms with E-state index in [1.54, 1.807) is 0 Å². The monoisotopic (exact) mass is 316 g/mol. The van der Waals surface area contributed by atoms with E-state index in [0.717, 1.165) is 19.3 Å². The number of rotatable bonds is 3. The number of carboxylic acids is 1. The highest BCUT2D eigenvalue weighted by molar-refractivity contribution is 9.11. The molecule has 3 atom stereocenters. The van der Waals surface area contributed by atoms with Crippen molar-refractivity contribution in [3.63, 3.8) is 0 Å². The summed E-state index contributed by atoms with van der Waals surface area (Å²) < 4.78 is 0.669. The van der Waals surface area contributed by atoms with Crippen molar-refractivity contribution in [3.05, 3.63) is 11.1 Å². The lowest BCUT2D eigenvalue weighted by Crippen LogP contribution is -2.48. The van der Waals surface area contributed by atoms with E-state index in [9.17, 15) is 14.7 Å². The molecule has 0 spiro atoms. The Morgan fingerprint density at radius 1 is 1.44 bits per heavy atom. The van der Waals surface area contributed by atoms with Crippen molar-refractivity contribution in [1.82, 2.24) is 10.2 Å². The Hall–Kier alpha value is -1.04. The second-order valence-electron chi connectivity index (χ2n) is 4.97. The second-order valence-corrected chi connectivity index (χ2v) is 6.09. The van der Waals surface area contributed by atoms with Gasteiger partial charge in [-0.05, 0) is 24.7 Å². The van der Waals surface area contributed by atoms with E-state index >= 15 is 0 Å². The number of carboxylic acid groups (broad SMARTS) is 1. The highest BCUT2D eigenvalue weighted by Crippen LogP contribution is 2.42. The minimum Gasteiger partial charge on any atom is -0.480 e. The van der Waals surface area contributed by atoms with Gasteiger partial charge in [-0.3, -0.25) is 0 Å². The smallest absolute Gasteiger partial charge is 0.326 e. The highest BCUT2D eigenvalue weighted by Gasteiger charge is 2.49. The fourth-order valence-corrected chi connectivity index (χ4v) is 3.24. The Labute approximate surface area is 114 Å². The molecule has 0 bridgehead atoms. The van der Waals surface area contributed by atoms with Crippen LogP contribution in [0.15, 0.2) is 11.1 Å². The van der Waals surface area contributed by atoms with Gasteiger partial charge in [0.15, 0.2) is 0 Å². The van der Waals surface area contributed by atoms with Crippen LogP contribution in [-0.4, -0.2) is 41.1 Å². The Kier molecular flexibility index (Phi) is 3.94. The Bertz CT molecular complexity index is 386. The molecule has 0 aromatic rings. The van der Waals surface area contributed by atoms with Gasteiger partial charge in [-0.1, -0.05) is 28.9 Å².